The first-order chi connectivity index (χ1) is 8.44. The third-order valence-corrected chi connectivity index (χ3v) is 4.01. The van der Waals surface area contributed by atoms with Crippen LogP contribution in [0.15, 0.2) is 6.07 Å². The van der Waals surface area contributed by atoms with Gasteiger partial charge >= 0.3 is 0 Å². The van der Waals surface area contributed by atoms with Crippen LogP contribution in [0, 0.1) is 13.8 Å². The van der Waals surface area contributed by atoms with Gasteiger partial charge in [0.05, 0.1) is 11.4 Å². The lowest BCUT2D eigenvalue weighted by Gasteiger charge is -2.07. The second-order valence-corrected chi connectivity index (χ2v) is 6.22. The molecule has 0 radical (unpaired) electrons. The van der Waals surface area contributed by atoms with Gasteiger partial charge in [0.1, 0.15) is 0 Å². The Labute approximate surface area is 108 Å². The first kappa shape index (κ1) is 15.1. The van der Waals surface area contributed by atoms with E-state index in [4.69, 9.17) is 5.11 Å². The molecule has 0 bridgehead atoms. The van der Waals surface area contributed by atoms with Crippen molar-refractivity contribution in [3.05, 3.63) is 17.5 Å². The van der Waals surface area contributed by atoms with Crippen LogP contribution in [0.1, 0.15) is 24.2 Å². The Hall–Kier alpha value is -0.920. The Kier molecular flexibility index (Phi) is 5.77. The van der Waals surface area contributed by atoms with Crippen molar-refractivity contribution < 1.29 is 13.5 Å². The molecule has 1 aromatic rings. The number of sulfonamides is 1. The Morgan fingerprint density at radius 2 is 2.11 bits per heavy atom. The highest BCUT2D eigenvalue weighted by atomic mass is 32.2. The van der Waals surface area contributed by atoms with E-state index in [2.05, 4.69) is 9.82 Å². The van der Waals surface area contributed by atoms with E-state index in [-0.39, 0.29) is 18.8 Å². The summed E-state index contributed by atoms with van der Waals surface area (Å²) in [6, 6.07) is 1.99. The summed E-state index contributed by atoms with van der Waals surface area (Å²) in [5.74, 6) is -0.0244. The number of rotatable bonds is 8. The monoisotopic (exact) mass is 275 g/mol. The van der Waals surface area contributed by atoms with Crippen molar-refractivity contribution in [2.75, 3.05) is 18.9 Å². The molecule has 0 saturated heterocycles. The van der Waals surface area contributed by atoms with Crippen LogP contribution in [-0.2, 0) is 16.6 Å². The molecule has 1 heterocycles. The Bertz CT molecular complexity index is 468. The van der Waals surface area contributed by atoms with E-state index >= 15 is 0 Å². The van der Waals surface area contributed by atoms with Crippen molar-refractivity contribution in [3.8, 4) is 0 Å². The minimum absolute atomic E-state index is 0.0244. The molecular formula is C11H21N3O3S. The van der Waals surface area contributed by atoms with Gasteiger partial charge in [-0.2, -0.15) is 5.10 Å². The molecule has 2 N–H and O–H groups in total. The van der Waals surface area contributed by atoms with Crippen molar-refractivity contribution in [1.82, 2.24) is 14.5 Å². The summed E-state index contributed by atoms with van der Waals surface area (Å²) in [5.41, 5.74) is 2.05. The maximum Gasteiger partial charge on any atom is 0.211 e. The van der Waals surface area contributed by atoms with Crippen LogP contribution in [0.4, 0.5) is 0 Å². The van der Waals surface area contributed by atoms with Gasteiger partial charge in [-0.25, -0.2) is 13.1 Å². The molecule has 104 valence electrons. The number of hydrogen-bond donors (Lipinski definition) is 2. The SMILES string of the molecule is Cc1cc(C)n(CCCNS(=O)(=O)CCCO)n1. The first-order valence-electron chi connectivity index (χ1n) is 6.04. The number of aliphatic hydroxyl groups is 1. The summed E-state index contributed by atoms with van der Waals surface area (Å²) in [4.78, 5) is 0. The topological polar surface area (TPSA) is 84.2 Å². The highest BCUT2D eigenvalue weighted by Gasteiger charge is 2.08. The summed E-state index contributed by atoms with van der Waals surface area (Å²) in [7, 11) is -3.24. The van der Waals surface area contributed by atoms with Crippen LogP contribution in [0.25, 0.3) is 0 Å². The Morgan fingerprint density at radius 3 is 2.67 bits per heavy atom. The van der Waals surface area contributed by atoms with Crippen molar-refractivity contribution in [3.63, 3.8) is 0 Å². The zero-order valence-corrected chi connectivity index (χ0v) is 11.7. The first-order valence-corrected chi connectivity index (χ1v) is 7.69. The number of nitrogens with zero attached hydrogens (tertiary/aromatic N) is 2. The van der Waals surface area contributed by atoms with Crippen LogP contribution in [0.2, 0.25) is 0 Å². The Balaban J connectivity index is 2.28. The van der Waals surface area contributed by atoms with Gasteiger partial charge in [0.2, 0.25) is 10.0 Å². The minimum Gasteiger partial charge on any atom is -0.396 e. The summed E-state index contributed by atoms with van der Waals surface area (Å²) in [6.45, 7) is 4.90. The molecule has 0 saturated carbocycles. The number of nitrogens with one attached hydrogen (secondary N) is 1. The molecule has 1 aromatic heterocycles. The maximum atomic E-state index is 11.4. The highest BCUT2D eigenvalue weighted by Crippen LogP contribution is 2.02. The lowest BCUT2D eigenvalue weighted by molar-refractivity contribution is 0.295. The van der Waals surface area contributed by atoms with E-state index < -0.39 is 10.0 Å². The van der Waals surface area contributed by atoms with Crippen LogP contribution < -0.4 is 4.72 Å². The van der Waals surface area contributed by atoms with Crippen molar-refractivity contribution in [1.29, 1.82) is 0 Å². The van der Waals surface area contributed by atoms with Crippen LogP contribution in [0.5, 0.6) is 0 Å². The zero-order valence-electron chi connectivity index (χ0n) is 10.9. The predicted octanol–water partition coefficient (Wildman–Crippen LogP) is 0.192. The van der Waals surface area contributed by atoms with Gasteiger partial charge in [0.15, 0.2) is 0 Å². The van der Waals surface area contributed by atoms with Crippen molar-refractivity contribution in [2.45, 2.75) is 33.2 Å². The van der Waals surface area contributed by atoms with Crippen LogP contribution >= 0.6 is 0 Å². The maximum absolute atomic E-state index is 11.4. The average Bonchev–Trinajstić information content (AvgIpc) is 2.61. The Morgan fingerprint density at radius 1 is 1.39 bits per heavy atom. The molecule has 0 aliphatic carbocycles. The highest BCUT2D eigenvalue weighted by molar-refractivity contribution is 7.89. The molecule has 0 aliphatic heterocycles. The lowest BCUT2D eigenvalue weighted by Crippen LogP contribution is -2.28. The second kappa shape index (κ2) is 6.86. The smallest absolute Gasteiger partial charge is 0.211 e. The molecule has 1 rings (SSSR count). The molecule has 0 aliphatic rings. The molecule has 0 aromatic carbocycles. The third-order valence-electron chi connectivity index (χ3n) is 2.54. The number of aliphatic hydroxyl groups excluding tert-OH is 1. The molecule has 6 nitrogen and oxygen atoms in total. The number of hydrogen-bond acceptors (Lipinski definition) is 4. The van der Waals surface area contributed by atoms with E-state index in [1.54, 1.807) is 0 Å². The fourth-order valence-electron chi connectivity index (χ4n) is 1.68. The molecule has 0 spiro atoms. The average molecular weight is 275 g/mol. The quantitative estimate of drug-likeness (QED) is 0.663. The fourth-order valence-corrected chi connectivity index (χ4v) is 2.79. The van der Waals surface area contributed by atoms with Crippen LogP contribution in [0.3, 0.4) is 0 Å². The second-order valence-electron chi connectivity index (χ2n) is 4.29. The standard InChI is InChI=1S/C11H21N3O3S/c1-10-9-11(2)14(13-10)6-3-5-12-18(16,17)8-4-7-15/h9,12,15H,3-8H2,1-2H3. The predicted molar refractivity (Wildman–Crippen MR) is 69.8 cm³/mol. The molecule has 7 heteroatoms. The molecule has 0 amide bonds. The largest absolute Gasteiger partial charge is 0.396 e. The van der Waals surface area contributed by atoms with Gasteiger partial charge in [-0.15, -0.1) is 0 Å². The number of aromatic nitrogens is 2. The van der Waals surface area contributed by atoms with Gasteiger partial charge in [0.25, 0.3) is 0 Å². The van der Waals surface area contributed by atoms with E-state index in [1.165, 1.54) is 0 Å². The van der Waals surface area contributed by atoms with Crippen LogP contribution in [-0.4, -0.2) is 42.2 Å². The van der Waals surface area contributed by atoms with E-state index in [1.807, 2.05) is 24.6 Å². The number of aryl methyl sites for hydroxylation is 3. The fraction of sp³-hybridized carbons (Fsp3) is 0.727. The van der Waals surface area contributed by atoms with Gasteiger partial charge < -0.3 is 5.11 Å². The lowest BCUT2D eigenvalue weighted by atomic mass is 10.4. The molecule has 0 fully saturated rings. The third kappa shape index (κ3) is 5.16. The van der Waals surface area contributed by atoms with Crippen molar-refractivity contribution >= 4 is 10.0 Å². The molecule has 0 unspecified atom stereocenters. The van der Waals surface area contributed by atoms with E-state index in [9.17, 15) is 8.42 Å². The zero-order chi connectivity index (χ0) is 13.6. The summed E-state index contributed by atoms with van der Waals surface area (Å²) < 4.78 is 27.2. The van der Waals surface area contributed by atoms with Crippen molar-refractivity contribution in [2.24, 2.45) is 0 Å². The summed E-state index contributed by atoms with van der Waals surface area (Å²) in [6.07, 6.45) is 0.965. The van der Waals surface area contributed by atoms with E-state index in [0.29, 0.717) is 19.5 Å². The molecule has 0 atom stereocenters. The molecular weight excluding hydrogens is 254 g/mol. The van der Waals surface area contributed by atoms with Gasteiger partial charge in [-0.1, -0.05) is 0 Å². The van der Waals surface area contributed by atoms with Gasteiger partial charge in [0, 0.05) is 25.4 Å². The normalized spacial score (nSPS) is 11.9. The van der Waals surface area contributed by atoms with Gasteiger partial charge in [-0.05, 0) is 32.8 Å². The van der Waals surface area contributed by atoms with Gasteiger partial charge in [-0.3, -0.25) is 4.68 Å². The summed E-state index contributed by atoms with van der Waals surface area (Å²) in [5, 5.41) is 12.9. The summed E-state index contributed by atoms with van der Waals surface area (Å²) >= 11 is 0. The van der Waals surface area contributed by atoms with E-state index in [0.717, 1.165) is 11.4 Å². The molecule has 18 heavy (non-hydrogen) atoms. The minimum atomic E-state index is -3.24.